The number of nitrogens with zero attached hydrogens (tertiary/aromatic N) is 2. The number of aliphatic hydroxyl groups excluding tert-OH is 1. The Morgan fingerprint density at radius 1 is 1.50 bits per heavy atom. The molecule has 1 atom stereocenters. The van der Waals surface area contributed by atoms with Gasteiger partial charge in [-0.25, -0.2) is 4.98 Å². The first-order valence-electron chi connectivity index (χ1n) is 5.58. The van der Waals surface area contributed by atoms with Crippen LogP contribution in [0.15, 0.2) is 35.2 Å². The molecular weight excluding hydrogens is 296 g/mol. The highest BCUT2D eigenvalue weighted by Crippen LogP contribution is 2.27. The van der Waals surface area contributed by atoms with Crippen LogP contribution in [0.5, 0.6) is 5.75 Å². The number of ether oxygens (including phenoxy) is 1. The Hall–Kier alpha value is -1.33. The standard InChI is InChI=1S/C13H15BrN2O2/c1-16-7-11(15-8-16)12(17)6-9-5-10(14)3-4-13(9)18-2/h3-5,7-8,12,17H,6H2,1-2H3. The van der Waals surface area contributed by atoms with E-state index in [0.29, 0.717) is 12.1 Å². The lowest BCUT2D eigenvalue weighted by atomic mass is 10.1. The molecule has 2 rings (SSSR count). The number of aryl methyl sites for hydroxylation is 1. The summed E-state index contributed by atoms with van der Waals surface area (Å²) in [5.41, 5.74) is 1.62. The van der Waals surface area contributed by atoms with Crippen molar-refractivity contribution in [2.75, 3.05) is 7.11 Å². The maximum atomic E-state index is 10.2. The zero-order valence-electron chi connectivity index (χ0n) is 10.3. The molecule has 1 aromatic heterocycles. The predicted molar refractivity (Wildman–Crippen MR) is 72.6 cm³/mol. The van der Waals surface area contributed by atoms with Crippen molar-refractivity contribution in [3.8, 4) is 5.75 Å². The van der Waals surface area contributed by atoms with Gasteiger partial charge in [-0.3, -0.25) is 0 Å². The van der Waals surface area contributed by atoms with E-state index in [4.69, 9.17) is 4.74 Å². The van der Waals surface area contributed by atoms with Crippen molar-refractivity contribution in [1.82, 2.24) is 9.55 Å². The van der Waals surface area contributed by atoms with Crippen LogP contribution in [-0.2, 0) is 13.5 Å². The fourth-order valence-corrected chi connectivity index (χ4v) is 2.23. The molecule has 0 aliphatic heterocycles. The summed E-state index contributed by atoms with van der Waals surface area (Å²) in [5.74, 6) is 0.771. The highest BCUT2D eigenvalue weighted by atomic mass is 79.9. The predicted octanol–water partition coefficient (Wildman–Crippen LogP) is 2.47. The molecule has 96 valence electrons. The molecule has 4 nitrogen and oxygen atoms in total. The molecule has 1 aromatic carbocycles. The summed E-state index contributed by atoms with van der Waals surface area (Å²) in [6, 6.07) is 5.74. The minimum atomic E-state index is -0.630. The van der Waals surface area contributed by atoms with Crippen molar-refractivity contribution in [2.24, 2.45) is 7.05 Å². The number of hydrogen-bond acceptors (Lipinski definition) is 3. The molecule has 18 heavy (non-hydrogen) atoms. The van der Waals surface area contributed by atoms with Gasteiger partial charge < -0.3 is 14.4 Å². The van der Waals surface area contributed by atoms with Crippen LogP contribution in [-0.4, -0.2) is 21.8 Å². The van der Waals surface area contributed by atoms with E-state index in [-0.39, 0.29) is 0 Å². The minimum absolute atomic E-state index is 0.472. The first-order chi connectivity index (χ1) is 8.60. The molecule has 0 fully saturated rings. The molecule has 1 unspecified atom stereocenters. The second-order valence-electron chi connectivity index (χ2n) is 4.14. The smallest absolute Gasteiger partial charge is 0.122 e. The Bertz CT molecular complexity index is 540. The van der Waals surface area contributed by atoms with E-state index in [1.807, 2.05) is 36.0 Å². The van der Waals surface area contributed by atoms with E-state index in [2.05, 4.69) is 20.9 Å². The van der Waals surface area contributed by atoms with Crippen LogP contribution < -0.4 is 4.74 Å². The van der Waals surface area contributed by atoms with Gasteiger partial charge in [0.2, 0.25) is 0 Å². The lowest BCUT2D eigenvalue weighted by molar-refractivity contribution is 0.173. The maximum Gasteiger partial charge on any atom is 0.122 e. The zero-order chi connectivity index (χ0) is 13.1. The van der Waals surface area contributed by atoms with E-state index in [1.54, 1.807) is 13.4 Å². The van der Waals surface area contributed by atoms with E-state index < -0.39 is 6.10 Å². The van der Waals surface area contributed by atoms with Crippen molar-refractivity contribution in [1.29, 1.82) is 0 Å². The maximum absolute atomic E-state index is 10.2. The van der Waals surface area contributed by atoms with Crippen LogP contribution in [0.2, 0.25) is 0 Å². The average Bonchev–Trinajstić information content (AvgIpc) is 2.76. The summed E-state index contributed by atoms with van der Waals surface area (Å²) in [6.45, 7) is 0. The number of imidazole rings is 1. The number of methoxy groups -OCH3 is 1. The van der Waals surface area contributed by atoms with Gasteiger partial charge in [-0.1, -0.05) is 15.9 Å². The normalized spacial score (nSPS) is 12.4. The van der Waals surface area contributed by atoms with E-state index in [9.17, 15) is 5.11 Å². The first-order valence-corrected chi connectivity index (χ1v) is 6.38. The second kappa shape index (κ2) is 5.54. The van der Waals surface area contributed by atoms with Crippen molar-refractivity contribution in [3.05, 3.63) is 46.5 Å². The Balaban J connectivity index is 2.20. The van der Waals surface area contributed by atoms with Crippen molar-refractivity contribution in [2.45, 2.75) is 12.5 Å². The fourth-order valence-electron chi connectivity index (χ4n) is 1.82. The topological polar surface area (TPSA) is 47.3 Å². The molecule has 0 spiro atoms. The third kappa shape index (κ3) is 2.91. The number of benzene rings is 1. The summed E-state index contributed by atoms with van der Waals surface area (Å²) >= 11 is 3.42. The molecule has 1 heterocycles. The Morgan fingerprint density at radius 2 is 2.28 bits per heavy atom. The molecule has 0 bridgehead atoms. The van der Waals surface area contributed by atoms with Crippen molar-refractivity contribution >= 4 is 15.9 Å². The van der Waals surface area contributed by atoms with E-state index in [0.717, 1.165) is 15.8 Å². The van der Waals surface area contributed by atoms with Gasteiger partial charge in [-0.05, 0) is 23.8 Å². The summed E-state index contributed by atoms with van der Waals surface area (Å²) in [7, 11) is 3.50. The van der Waals surface area contributed by atoms with Crippen molar-refractivity contribution < 1.29 is 9.84 Å². The first kappa shape index (κ1) is 13.1. The van der Waals surface area contributed by atoms with E-state index in [1.165, 1.54) is 0 Å². The Morgan fingerprint density at radius 3 is 2.89 bits per heavy atom. The quantitative estimate of drug-likeness (QED) is 0.943. The van der Waals surface area contributed by atoms with Crippen molar-refractivity contribution in [3.63, 3.8) is 0 Å². The molecule has 0 saturated heterocycles. The Kier molecular flexibility index (Phi) is 4.04. The summed E-state index contributed by atoms with van der Waals surface area (Å²) in [4.78, 5) is 4.15. The van der Waals surface area contributed by atoms with Gasteiger partial charge in [-0.2, -0.15) is 0 Å². The van der Waals surface area contributed by atoms with Crippen LogP contribution in [0.4, 0.5) is 0 Å². The number of halogens is 1. The summed E-state index contributed by atoms with van der Waals surface area (Å²) < 4.78 is 8.07. The molecule has 2 aromatic rings. The lowest BCUT2D eigenvalue weighted by Crippen LogP contribution is -2.04. The van der Waals surface area contributed by atoms with Gasteiger partial charge in [0.05, 0.1) is 19.1 Å². The molecule has 0 amide bonds. The highest BCUT2D eigenvalue weighted by Gasteiger charge is 2.14. The SMILES string of the molecule is COc1ccc(Br)cc1CC(O)c1cn(C)cn1. The summed E-state index contributed by atoms with van der Waals surface area (Å²) in [5, 5.41) is 10.2. The molecule has 0 aliphatic carbocycles. The fraction of sp³-hybridized carbons (Fsp3) is 0.308. The molecule has 0 aliphatic rings. The minimum Gasteiger partial charge on any atom is -0.496 e. The van der Waals surface area contributed by atoms with Crippen LogP contribution in [0.25, 0.3) is 0 Å². The molecule has 0 saturated carbocycles. The zero-order valence-corrected chi connectivity index (χ0v) is 11.9. The monoisotopic (exact) mass is 310 g/mol. The second-order valence-corrected chi connectivity index (χ2v) is 5.06. The van der Waals surface area contributed by atoms with Gasteiger partial charge in [0.1, 0.15) is 11.9 Å². The van der Waals surface area contributed by atoms with Gasteiger partial charge in [0.15, 0.2) is 0 Å². The van der Waals surface area contributed by atoms with E-state index >= 15 is 0 Å². The number of aliphatic hydroxyl groups is 1. The van der Waals surface area contributed by atoms with Crippen LogP contribution in [0.1, 0.15) is 17.4 Å². The largest absolute Gasteiger partial charge is 0.496 e. The van der Waals surface area contributed by atoms with Gasteiger partial charge in [0.25, 0.3) is 0 Å². The third-order valence-electron chi connectivity index (χ3n) is 2.72. The molecular formula is C13H15BrN2O2. The number of aromatic nitrogens is 2. The van der Waals surface area contributed by atoms with Crippen LogP contribution in [0, 0.1) is 0 Å². The molecule has 0 radical (unpaired) electrons. The molecule has 5 heteroatoms. The number of rotatable bonds is 4. The highest BCUT2D eigenvalue weighted by molar-refractivity contribution is 9.10. The van der Waals surface area contributed by atoms with Gasteiger partial charge in [0, 0.05) is 24.1 Å². The summed E-state index contributed by atoms with van der Waals surface area (Å²) in [6.07, 6.45) is 3.33. The lowest BCUT2D eigenvalue weighted by Gasteiger charge is -2.12. The number of hydrogen-bond donors (Lipinski definition) is 1. The Labute approximate surface area is 114 Å². The van der Waals surface area contributed by atoms with Crippen LogP contribution in [0.3, 0.4) is 0 Å². The average molecular weight is 311 g/mol. The van der Waals surface area contributed by atoms with Gasteiger partial charge >= 0.3 is 0 Å². The molecule has 1 N–H and O–H groups in total. The van der Waals surface area contributed by atoms with Crippen LogP contribution >= 0.6 is 15.9 Å². The van der Waals surface area contributed by atoms with Gasteiger partial charge in [-0.15, -0.1) is 0 Å². The third-order valence-corrected chi connectivity index (χ3v) is 3.22.